The number of halogens is 4. The maximum Gasteiger partial charge on any atom is 0.338 e. The second kappa shape index (κ2) is 36.6. The number of nitro groups is 1. The lowest BCUT2D eigenvalue weighted by Crippen LogP contribution is -2.10. The summed E-state index contributed by atoms with van der Waals surface area (Å²) in [4.78, 5) is 40.0. The summed E-state index contributed by atoms with van der Waals surface area (Å²) in [5, 5.41) is 47.8. The molecular formula is C87H75Br2Cl2N11O9S. The highest BCUT2D eigenvalue weighted by molar-refractivity contribution is 9.10. The number of primary amides is 1. The van der Waals surface area contributed by atoms with Crippen LogP contribution < -0.4 is 24.7 Å². The number of methoxy groups -OCH3 is 4. The number of carbonyl (C=O) groups is 2. The van der Waals surface area contributed by atoms with Crippen molar-refractivity contribution in [3.8, 4) is 91.2 Å². The first-order chi connectivity index (χ1) is 54.2. The van der Waals surface area contributed by atoms with E-state index in [4.69, 9.17) is 68.1 Å². The van der Waals surface area contributed by atoms with E-state index in [0.717, 1.165) is 145 Å². The van der Waals surface area contributed by atoms with E-state index in [1.807, 2.05) is 168 Å². The summed E-state index contributed by atoms with van der Waals surface area (Å²) < 4.78 is 38.4. The predicted octanol–water partition coefficient (Wildman–Crippen LogP) is 22.5. The number of aromatic nitrogens is 6. The van der Waals surface area contributed by atoms with Crippen molar-refractivity contribution in [1.29, 1.82) is 15.8 Å². The SMILES string of the molecule is CCCn1cc(C#N)c2cc(Br)ccc21.CCOC(=O)c1ccc(-c2c(C#N)c3ccc(OC)cc3n2CC)cc1.CCn1c(-c2ccc(OC)cc2)c([N+](=O)[O-])c2ccc(OC)cc21.CCn1cc(C#N)c2cc(Br)ccc21.COc1ccc(-n2cc(-c3nc(-c4ccc(Cl)c(Cl)c4)cs3)c3ccc(C(N)=O)cc32)cc1. The van der Waals surface area contributed by atoms with Gasteiger partial charge in [0, 0.05) is 132 Å². The molecule has 112 heavy (non-hydrogen) atoms. The van der Waals surface area contributed by atoms with E-state index >= 15 is 0 Å². The smallest absolute Gasteiger partial charge is 0.338 e. The molecule has 15 aromatic rings. The van der Waals surface area contributed by atoms with Crippen LogP contribution in [-0.4, -0.2) is 79.7 Å². The molecular weight excluding hydrogens is 1610 g/mol. The molecule has 0 aliphatic rings. The number of nitrogens with zero attached hydrogens (tertiary/aromatic N) is 10. The third-order valence-electron chi connectivity index (χ3n) is 18.6. The molecule has 566 valence electrons. The van der Waals surface area contributed by atoms with Crippen LogP contribution in [0.15, 0.2) is 215 Å². The molecule has 0 saturated heterocycles. The highest BCUT2D eigenvalue weighted by Gasteiger charge is 2.28. The fraction of sp³-hybridized carbons (Fsp3) is 0.172. The molecule has 20 nitrogen and oxygen atoms in total. The lowest BCUT2D eigenvalue weighted by molar-refractivity contribution is -0.382. The molecule has 1 amide bonds. The molecule has 0 atom stereocenters. The summed E-state index contributed by atoms with van der Waals surface area (Å²) in [5.41, 5.74) is 20.2. The number of benzene rings is 9. The van der Waals surface area contributed by atoms with Gasteiger partial charge in [-0.1, -0.05) is 86.3 Å². The Hall–Kier alpha value is -12.1. The van der Waals surface area contributed by atoms with Crippen LogP contribution >= 0.6 is 66.4 Å². The molecule has 0 fully saturated rings. The van der Waals surface area contributed by atoms with Gasteiger partial charge in [0.2, 0.25) is 5.91 Å². The largest absolute Gasteiger partial charge is 0.497 e. The van der Waals surface area contributed by atoms with Crippen molar-refractivity contribution in [3.63, 3.8) is 0 Å². The zero-order chi connectivity index (χ0) is 80.0. The minimum absolute atomic E-state index is 0.111. The molecule has 6 aromatic heterocycles. The minimum Gasteiger partial charge on any atom is -0.497 e. The molecule has 0 saturated carbocycles. The molecule has 0 aliphatic carbocycles. The number of esters is 1. The molecule has 0 aliphatic heterocycles. The lowest BCUT2D eigenvalue weighted by Gasteiger charge is -2.10. The first-order valence-electron chi connectivity index (χ1n) is 35.5. The zero-order valence-electron chi connectivity index (χ0n) is 62.5. The van der Waals surface area contributed by atoms with Gasteiger partial charge in [0.1, 0.15) is 51.9 Å². The fourth-order valence-corrected chi connectivity index (χ4v) is 15.1. The first-order valence-corrected chi connectivity index (χ1v) is 38.7. The van der Waals surface area contributed by atoms with E-state index in [0.29, 0.717) is 69.0 Å². The van der Waals surface area contributed by atoms with Crippen LogP contribution in [0, 0.1) is 44.1 Å². The summed E-state index contributed by atoms with van der Waals surface area (Å²) in [5.74, 6) is 2.07. The van der Waals surface area contributed by atoms with Crippen molar-refractivity contribution in [1.82, 2.24) is 27.8 Å². The van der Waals surface area contributed by atoms with Crippen molar-refractivity contribution in [2.75, 3.05) is 35.0 Å². The van der Waals surface area contributed by atoms with E-state index in [2.05, 4.69) is 83.7 Å². The molecule has 2 N–H and O–H groups in total. The van der Waals surface area contributed by atoms with Crippen LogP contribution in [0.3, 0.4) is 0 Å². The van der Waals surface area contributed by atoms with Crippen molar-refractivity contribution in [2.45, 2.75) is 67.2 Å². The maximum atomic E-state index is 11.9. The number of carbonyl (C=O) groups excluding carboxylic acids is 2. The number of nitriles is 3. The van der Waals surface area contributed by atoms with Crippen molar-refractivity contribution in [2.24, 2.45) is 5.73 Å². The normalized spacial score (nSPS) is 10.7. The topological polar surface area (TPSA) is 258 Å². The van der Waals surface area contributed by atoms with Crippen molar-refractivity contribution in [3.05, 3.63) is 263 Å². The van der Waals surface area contributed by atoms with Crippen molar-refractivity contribution < 1.29 is 38.2 Å². The summed E-state index contributed by atoms with van der Waals surface area (Å²) in [6.07, 6.45) is 6.93. The number of amides is 1. The number of aryl methyl sites for hydroxylation is 4. The van der Waals surface area contributed by atoms with Gasteiger partial charge in [0.05, 0.1) is 106 Å². The number of ether oxygens (including phenoxy) is 5. The minimum atomic E-state index is -0.475. The average Bonchev–Trinajstić information content (AvgIpc) is 1.60. The molecule has 0 unspecified atom stereocenters. The number of nitrogens with two attached hydrogens (primary N) is 1. The van der Waals surface area contributed by atoms with E-state index in [1.165, 1.54) is 11.3 Å². The van der Waals surface area contributed by atoms with E-state index in [9.17, 15) is 25.0 Å². The van der Waals surface area contributed by atoms with Gasteiger partial charge in [-0.2, -0.15) is 15.8 Å². The number of fused-ring (bicyclic) bond motifs is 5. The van der Waals surface area contributed by atoms with Crippen LogP contribution in [0.1, 0.15) is 78.4 Å². The van der Waals surface area contributed by atoms with Crippen LogP contribution in [0.5, 0.6) is 23.0 Å². The molecule has 0 spiro atoms. The Morgan fingerprint density at radius 1 is 0.536 bits per heavy atom. The Labute approximate surface area is 677 Å². The quantitative estimate of drug-likeness (QED) is 0.0477. The second-order valence-electron chi connectivity index (χ2n) is 25.1. The fourth-order valence-electron chi connectivity index (χ4n) is 13.3. The monoisotopic (exact) mass is 1680 g/mol. The molecule has 25 heteroatoms. The second-order valence-corrected chi connectivity index (χ2v) is 28.6. The van der Waals surface area contributed by atoms with E-state index in [1.54, 1.807) is 90.0 Å². The number of hydrogen-bond acceptors (Lipinski definition) is 14. The van der Waals surface area contributed by atoms with Crippen LogP contribution in [-0.2, 0) is 30.9 Å². The van der Waals surface area contributed by atoms with E-state index in [-0.39, 0.29) is 16.6 Å². The summed E-state index contributed by atoms with van der Waals surface area (Å²) >= 11 is 20.6. The molecule has 6 heterocycles. The van der Waals surface area contributed by atoms with Crippen molar-refractivity contribution >= 4 is 138 Å². The Morgan fingerprint density at radius 2 is 1.05 bits per heavy atom. The first kappa shape index (κ1) is 80.9. The number of rotatable bonds is 18. The third kappa shape index (κ3) is 17.2. The highest BCUT2D eigenvalue weighted by Crippen LogP contribution is 2.43. The maximum absolute atomic E-state index is 11.9. The predicted molar refractivity (Wildman–Crippen MR) is 453 cm³/mol. The Balaban J connectivity index is 0.000000143. The van der Waals surface area contributed by atoms with Crippen LogP contribution in [0.4, 0.5) is 5.69 Å². The Kier molecular flexibility index (Phi) is 26.4. The van der Waals surface area contributed by atoms with Gasteiger partial charge in [0.15, 0.2) is 0 Å². The van der Waals surface area contributed by atoms with Gasteiger partial charge in [-0.25, -0.2) is 9.78 Å². The Morgan fingerprint density at radius 3 is 1.59 bits per heavy atom. The van der Waals surface area contributed by atoms with E-state index < -0.39 is 5.91 Å². The number of thiazole rings is 1. The van der Waals surface area contributed by atoms with Gasteiger partial charge < -0.3 is 52.3 Å². The number of hydrogen-bond donors (Lipinski definition) is 1. The summed E-state index contributed by atoms with van der Waals surface area (Å²) in [6, 6.07) is 62.9. The average molecular weight is 1680 g/mol. The molecule has 15 rings (SSSR count). The van der Waals surface area contributed by atoms with Gasteiger partial charge >= 0.3 is 11.7 Å². The van der Waals surface area contributed by atoms with Gasteiger partial charge in [-0.05, 0) is 185 Å². The van der Waals surface area contributed by atoms with Crippen LogP contribution in [0.2, 0.25) is 10.0 Å². The lowest BCUT2D eigenvalue weighted by atomic mass is 10.0. The third-order valence-corrected chi connectivity index (χ3v) is 21.2. The standard InChI is InChI=1S/C25H17Cl2N3O2S.C21H20N2O3.C18H18N2O4.C12H11BrN2.C11H9BrN2/c1-32-17-6-4-16(5-7-17)30-12-19(18-8-2-15(24(28)31)11-23(18)30)25-29-22(13-33-25)14-3-9-20(26)21(27)10-14;1-4-23-19-12-16(25-3)10-11-17(19)18(13-22)20(23)14-6-8-15(9-7-14)21(24)26-5-2;1-4-19-16-11-14(24-3)9-10-15(16)18(20(21)22)17(19)12-5-7-13(23-2)8-6-12;1-2-5-15-8-9(7-14)11-6-10(13)3-4-12(11)15;1-2-14-7-8(6-13)10-5-9(12)3-4-11(10)14/h2-13H,1H3,(H2,28,31);6-12H,4-5H2,1-3H3;5-11H,4H2,1-3H3;3-4,6,8H,2,5H2,1H3;3-5,7H,2H2,1H3. The molecule has 0 radical (unpaired) electrons. The van der Waals surface area contributed by atoms with Gasteiger partial charge in [-0.15, -0.1) is 11.3 Å². The van der Waals surface area contributed by atoms with Gasteiger partial charge in [-0.3, -0.25) is 14.9 Å². The molecule has 0 bridgehead atoms. The summed E-state index contributed by atoms with van der Waals surface area (Å²) in [6.45, 7) is 13.5. The molecule has 9 aromatic carbocycles. The van der Waals surface area contributed by atoms with Gasteiger partial charge in [0.25, 0.3) is 0 Å². The summed E-state index contributed by atoms with van der Waals surface area (Å²) in [7, 11) is 6.43. The Bertz CT molecular complexity index is 6140. The zero-order valence-corrected chi connectivity index (χ0v) is 68.0. The van der Waals surface area contributed by atoms with Crippen LogP contribution in [0.25, 0.3) is 105 Å². The highest BCUT2D eigenvalue weighted by atomic mass is 79.9.